The Bertz CT molecular complexity index is 593. The largest absolute Gasteiger partial charge is 0.436 e. The van der Waals surface area contributed by atoms with Crippen molar-refractivity contribution in [2.75, 3.05) is 5.73 Å². The van der Waals surface area contributed by atoms with Crippen molar-refractivity contribution in [1.82, 2.24) is 9.78 Å². The lowest BCUT2D eigenvalue weighted by Crippen LogP contribution is -1.97. The zero-order valence-corrected chi connectivity index (χ0v) is 12.2. The van der Waals surface area contributed by atoms with Crippen molar-refractivity contribution in [3.63, 3.8) is 0 Å². The predicted octanol–water partition coefficient (Wildman–Crippen LogP) is 3.71. The number of halogens is 1. The van der Waals surface area contributed by atoms with Gasteiger partial charge in [0.2, 0.25) is 5.88 Å². The van der Waals surface area contributed by atoms with E-state index in [-0.39, 0.29) is 0 Å². The minimum atomic E-state index is 0.538. The third kappa shape index (κ3) is 2.84. The van der Waals surface area contributed by atoms with Crippen LogP contribution in [0.25, 0.3) is 0 Å². The van der Waals surface area contributed by atoms with E-state index < -0.39 is 0 Å². The molecule has 1 heterocycles. The molecule has 2 rings (SSSR count). The number of aromatic nitrogens is 2. The summed E-state index contributed by atoms with van der Waals surface area (Å²) in [5.41, 5.74) is 8.60. The van der Waals surface area contributed by atoms with Crippen molar-refractivity contribution in [2.45, 2.75) is 26.7 Å². The van der Waals surface area contributed by atoms with Gasteiger partial charge in [0.25, 0.3) is 0 Å². The highest BCUT2D eigenvalue weighted by Crippen LogP contribution is 2.34. The van der Waals surface area contributed by atoms with Gasteiger partial charge in [-0.15, -0.1) is 0 Å². The van der Waals surface area contributed by atoms with Crippen LogP contribution in [0, 0.1) is 6.92 Å². The number of hydrogen-bond donors (Lipinski definition) is 1. The quantitative estimate of drug-likeness (QED) is 0.928. The lowest BCUT2D eigenvalue weighted by molar-refractivity contribution is 0.432. The molecule has 2 aromatic rings. The number of benzene rings is 1. The minimum absolute atomic E-state index is 0.538. The molecule has 0 saturated carbocycles. The van der Waals surface area contributed by atoms with Gasteiger partial charge >= 0.3 is 0 Å². The van der Waals surface area contributed by atoms with Crippen LogP contribution in [0.1, 0.15) is 24.6 Å². The summed E-state index contributed by atoms with van der Waals surface area (Å²) in [5, 5.41) is 4.93. The smallest absolute Gasteiger partial charge is 0.241 e. The van der Waals surface area contributed by atoms with Crippen LogP contribution in [0.15, 0.2) is 18.2 Å². The SMILES string of the molecule is CCCc1nn(C)c(Oc2cc(C)ccc2Cl)c1N. The Morgan fingerprint density at radius 2 is 2.16 bits per heavy atom. The maximum absolute atomic E-state index is 6.12. The zero-order chi connectivity index (χ0) is 14.0. The first kappa shape index (κ1) is 13.7. The van der Waals surface area contributed by atoms with Gasteiger partial charge in [0.1, 0.15) is 11.4 Å². The Kier molecular flexibility index (Phi) is 4.00. The van der Waals surface area contributed by atoms with E-state index in [4.69, 9.17) is 22.1 Å². The molecule has 102 valence electrons. The van der Waals surface area contributed by atoms with Crippen LogP contribution >= 0.6 is 11.6 Å². The molecule has 1 aromatic carbocycles. The van der Waals surface area contributed by atoms with Gasteiger partial charge in [0, 0.05) is 7.05 Å². The average molecular weight is 280 g/mol. The fourth-order valence-corrected chi connectivity index (χ4v) is 2.07. The average Bonchev–Trinajstić information content (AvgIpc) is 2.62. The number of rotatable bonds is 4. The summed E-state index contributed by atoms with van der Waals surface area (Å²) in [6, 6.07) is 5.63. The summed E-state index contributed by atoms with van der Waals surface area (Å²) in [7, 11) is 1.81. The van der Waals surface area contributed by atoms with Crippen LogP contribution in [0.2, 0.25) is 5.02 Å². The van der Waals surface area contributed by atoms with Gasteiger partial charge in [-0.1, -0.05) is 31.0 Å². The van der Waals surface area contributed by atoms with Crippen LogP contribution in [-0.4, -0.2) is 9.78 Å². The van der Waals surface area contributed by atoms with E-state index in [1.165, 1.54) is 0 Å². The van der Waals surface area contributed by atoms with Gasteiger partial charge in [-0.05, 0) is 31.0 Å². The molecule has 0 radical (unpaired) electrons. The van der Waals surface area contributed by atoms with E-state index in [0.717, 1.165) is 24.1 Å². The third-order valence-electron chi connectivity index (χ3n) is 2.89. The van der Waals surface area contributed by atoms with Crippen LogP contribution in [0.5, 0.6) is 11.6 Å². The minimum Gasteiger partial charge on any atom is -0.436 e. The molecule has 0 aliphatic rings. The summed E-state index contributed by atoms with van der Waals surface area (Å²) in [4.78, 5) is 0. The highest BCUT2D eigenvalue weighted by atomic mass is 35.5. The summed E-state index contributed by atoms with van der Waals surface area (Å²) in [5.74, 6) is 1.13. The van der Waals surface area contributed by atoms with E-state index in [1.54, 1.807) is 4.68 Å². The number of anilines is 1. The van der Waals surface area contributed by atoms with Crippen LogP contribution < -0.4 is 10.5 Å². The van der Waals surface area contributed by atoms with Crippen molar-refractivity contribution in [3.05, 3.63) is 34.5 Å². The van der Waals surface area contributed by atoms with Crippen LogP contribution in [0.4, 0.5) is 5.69 Å². The van der Waals surface area contributed by atoms with Gasteiger partial charge in [-0.3, -0.25) is 0 Å². The molecule has 1 aromatic heterocycles. The van der Waals surface area contributed by atoms with Crippen molar-refractivity contribution < 1.29 is 4.74 Å². The fraction of sp³-hybridized carbons (Fsp3) is 0.357. The van der Waals surface area contributed by atoms with Gasteiger partial charge in [0.05, 0.1) is 10.7 Å². The molecule has 0 aliphatic carbocycles. The first-order chi connectivity index (χ1) is 9.02. The van der Waals surface area contributed by atoms with E-state index in [1.807, 2.05) is 32.2 Å². The van der Waals surface area contributed by atoms with Crippen LogP contribution in [0.3, 0.4) is 0 Å². The highest BCUT2D eigenvalue weighted by molar-refractivity contribution is 6.32. The van der Waals surface area contributed by atoms with Crippen molar-refractivity contribution >= 4 is 17.3 Å². The molecule has 2 N–H and O–H groups in total. The van der Waals surface area contributed by atoms with Crippen LogP contribution in [-0.2, 0) is 13.5 Å². The maximum Gasteiger partial charge on any atom is 0.241 e. The van der Waals surface area contributed by atoms with Gasteiger partial charge in [-0.2, -0.15) is 5.10 Å². The molecule has 0 spiro atoms. The van der Waals surface area contributed by atoms with E-state index in [0.29, 0.717) is 22.3 Å². The molecule has 0 atom stereocenters. The summed E-state index contributed by atoms with van der Waals surface area (Å²) in [6.07, 6.45) is 1.83. The zero-order valence-electron chi connectivity index (χ0n) is 11.4. The first-order valence-corrected chi connectivity index (χ1v) is 6.66. The molecule has 0 saturated heterocycles. The number of nitrogen functional groups attached to an aromatic ring is 1. The van der Waals surface area contributed by atoms with E-state index in [2.05, 4.69) is 12.0 Å². The first-order valence-electron chi connectivity index (χ1n) is 6.28. The number of nitrogens with two attached hydrogens (primary N) is 1. The molecule has 0 amide bonds. The molecule has 0 fully saturated rings. The highest BCUT2D eigenvalue weighted by Gasteiger charge is 2.16. The Morgan fingerprint density at radius 1 is 1.42 bits per heavy atom. The van der Waals surface area contributed by atoms with E-state index >= 15 is 0 Å². The second-order valence-corrected chi connectivity index (χ2v) is 4.98. The normalized spacial score (nSPS) is 10.7. The van der Waals surface area contributed by atoms with Crippen molar-refractivity contribution in [3.8, 4) is 11.6 Å². The van der Waals surface area contributed by atoms with Gasteiger partial charge in [0.15, 0.2) is 0 Å². The summed E-state index contributed by atoms with van der Waals surface area (Å²) in [6.45, 7) is 4.07. The number of nitrogens with zero attached hydrogens (tertiary/aromatic N) is 2. The molecule has 0 aliphatic heterocycles. The van der Waals surface area contributed by atoms with Gasteiger partial charge in [-0.25, -0.2) is 4.68 Å². The maximum atomic E-state index is 6.12. The Labute approximate surface area is 118 Å². The van der Waals surface area contributed by atoms with Gasteiger partial charge < -0.3 is 10.5 Å². The predicted molar refractivity (Wildman–Crippen MR) is 77.9 cm³/mol. The summed E-state index contributed by atoms with van der Waals surface area (Å²) < 4.78 is 7.47. The molecule has 19 heavy (non-hydrogen) atoms. The number of aryl methyl sites for hydroxylation is 3. The molecular weight excluding hydrogens is 262 g/mol. The molecule has 4 nitrogen and oxygen atoms in total. The van der Waals surface area contributed by atoms with Crippen molar-refractivity contribution in [2.24, 2.45) is 7.05 Å². The Balaban J connectivity index is 2.35. The van der Waals surface area contributed by atoms with Crippen molar-refractivity contribution in [1.29, 1.82) is 0 Å². The molecular formula is C14H18ClN3O. The second kappa shape index (κ2) is 5.53. The lowest BCUT2D eigenvalue weighted by atomic mass is 10.2. The second-order valence-electron chi connectivity index (χ2n) is 4.58. The summed E-state index contributed by atoms with van der Waals surface area (Å²) >= 11 is 6.12. The fourth-order valence-electron chi connectivity index (χ4n) is 1.91. The lowest BCUT2D eigenvalue weighted by Gasteiger charge is -2.09. The standard InChI is InChI=1S/C14H18ClN3O/c1-4-5-11-13(16)14(18(3)17-11)19-12-8-9(2)6-7-10(12)15/h6-8H,4-5,16H2,1-3H3. The Morgan fingerprint density at radius 3 is 2.84 bits per heavy atom. The molecule has 0 bridgehead atoms. The number of hydrogen-bond acceptors (Lipinski definition) is 3. The Hall–Kier alpha value is -1.68. The molecule has 0 unspecified atom stereocenters. The van der Waals surface area contributed by atoms with E-state index in [9.17, 15) is 0 Å². The monoisotopic (exact) mass is 279 g/mol. The number of ether oxygens (including phenoxy) is 1. The topological polar surface area (TPSA) is 53.1 Å². The third-order valence-corrected chi connectivity index (χ3v) is 3.20. The molecule has 5 heteroatoms.